The van der Waals surface area contributed by atoms with E-state index in [0.717, 1.165) is 31.2 Å². The van der Waals surface area contributed by atoms with E-state index in [0.29, 0.717) is 12.1 Å². The largest absolute Gasteiger partial charge is 0.469 e. The Balaban J connectivity index is 2.23. The maximum Gasteiger partial charge on any atom is 0.310 e. The highest BCUT2D eigenvalue weighted by Crippen LogP contribution is 2.26. The molecule has 23 heavy (non-hydrogen) atoms. The Morgan fingerprint density at radius 2 is 1.87 bits per heavy atom. The summed E-state index contributed by atoms with van der Waals surface area (Å²) in [6.07, 6.45) is 4.33. The second-order valence-electron chi connectivity index (χ2n) is 6.62. The van der Waals surface area contributed by atoms with E-state index < -0.39 is 0 Å². The van der Waals surface area contributed by atoms with Crippen molar-refractivity contribution in [3.05, 3.63) is 34.9 Å². The molecule has 1 amide bonds. The van der Waals surface area contributed by atoms with Crippen LogP contribution >= 0.6 is 0 Å². The van der Waals surface area contributed by atoms with Crippen LogP contribution in [0.4, 0.5) is 0 Å². The van der Waals surface area contributed by atoms with Crippen molar-refractivity contribution >= 4 is 11.9 Å². The number of nitrogens with zero attached hydrogens (tertiary/aromatic N) is 1. The number of aryl methyl sites for hydroxylation is 2. The fourth-order valence-corrected chi connectivity index (χ4v) is 3.22. The maximum atomic E-state index is 13.0. The van der Waals surface area contributed by atoms with Crippen LogP contribution in [-0.4, -0.2) is 36.5 Å². The number of methoxy groups -OCH3 is 1. The number of rotatable bonds is 5. The fraction of sp³-hybridized carbons (Fsp3) is 0.579. The highest BCUT2D eigenvalue weighted by Gasteiger charge is 2.30. The number of hydrogen-bond donors (Lipinski definition) is 0. The van der Waals surface area contributed by atoms with Gasteiger partial charge in [0.2, 0.25) is 0 Å². The number of carbonyl (C=O) groups is 2. The minimum Gasteiger partial charge on any atom is -0.469 e. The molecule has 4 heteroatoms. The summed E-state index contributed by atoms with van der Waals surface area (Å²) < 4.78 is 4.82. The van der Waals surface area contributed by atoms with Crippen molar-refractivity contribution in [2.75, 3.05) is 13.7 Å². The van der Waals surface area contributed by atoms with Crippen LogP contribution in [0.15, 0.2) is 18.2 Å². The Hall–Kier alpha value is -1.84. The van der Waals surface area contributed by atoms with Crippen LogP contribution in [0.3, 0.4) is 0 Å². The van der Waals surface area contributed by atoms with E-state index >= 15 is 0 Å². The second-order valence-corrected chi connectivity index (χ2v) is 6.62. The number of benzene rings is 1. The molecule has 0 aliphatic heterocycles. The first-order valence-corrected chi connectivity index (χ1v) is 8.40. The molecule has 1 aromatic rings. The summed E-state index contributed by atoms with van der Waals surface area (Å²) in [6.45, 7) is 6.30. The number of carbonyl (C=O) groups excluding carboxylic acids is 2. The van der Waals surface area contributed by atoms with E-state index in [1.807, 2.05) is 43.9 Å². The molecule has 126 valence electrons. The topological polar surface area (TPSA) is 46.6 Å². The zero-order valence-electron chi connectivity index (χ0n) is 14.6. The quantitative estimate of drug-likeness (QED) is 0.781. The molecule has 0 radical (unpaired) electrons. The van der Waals surface area contributed by atoms with Crippen LogP contribution < -0.4 is 0 Å². The monoisotopic (exact) mass is 317 g/mol. The van der Waals surface area contributed by atoms with Gasteiger partial charge in [0.15, 0.2) is 0 Å². The third kappa shape index (κ3) is 4.12. The van der Waals surface area contributed by atoms with Gasteiger partial charge in [-0.05, 0) is 49.9 Å². The lowest BCUT2D eigenvalue weighted by molar-refractivity contribution is -0.145. The molecule has 4 nitrogen and oxygen atoms in total. The number of esters is 1. The summed E-state index contributed by atoms with van der Waals surface area (Å²) in [4.78, 5) is 26.7. The van der Waals surface area contributed by atoms with Gasteiger partial charge in [-0.1, -0.05) is 25.8 Å². The first kappa shape index (κ1) is 17.5. The van der Waals surface area contributed by atoms with Crippen LogP contribution in [0.5, 0.6) is 0 Å². The van der Waals surface area contributed by atoms with Crippen LogP contribution in [-0.2, 0) is 9.53 Å². The maximum absolute atomic E-state index is 13.0. The van der Waals surface area contributed by atoms with Gasteiger partial charge in [-0.3, -0.25) is 9.59 Å². The number of amides is 1. The molecule has 0 saturated heterocycles. The summed E-state index contributed by atoms with van der Waals surface area (Å²) in [5.41, 5.74) is 3.00. The average molecular weight is 317 g/mol. The van der Waals surface area contributed by atoms with Crippen molar-refractivity contribution in [3.8, 4) is 0 Å². The molecule has 2 rings (SSSR count). The van der Waals surface area contributed by atoms with Gasteiger partial charge in [0.05, 0.1) is 13.0 Å². The van der Waals surface area contributed by atoms with Gasteiger partial charge in [0, 0.05) is 18.2 Å². The third-order valence-corrected chi connectivity index (χ3v) is 4.85. The summed E-state index contributed by atoms with van der Waals surface area (Å²) in [6, 6.07) is 6.05. The van der Waals surface area contributed by atoms with Gasteiger partial charge in [-0.25, -0.2) is 0 Å². The molecule has 0 spiro atoms. The van der Waals surface area contributed by atoms with Crippen LogP contribution in [0.1, 0.15) is 54.1 Å². The highest BCUT2D eigenvalue weighted by atomic mass is 16.5. The van der Waals surface area contributed by atoms with Gasteiger partial charge in [-0.2, -0.15) is 0 Å². The van der Waals surface area contributed by atoms with Gasteiger partial charge < -0.3 is 9.64 Å². The van der Waals surface area contributed by atoms with Crippen LogP contribution in [0, 0.1) is 19.8 Å². The van der Waals surface area contributed by atoms with Gasteiger partial charge in [0.25, 0.3) is 5.91 Å². The van der Waals surface area contributed by atoms with E-state index in [9.17, 15) is 9.59 Å². The molecular formula is C19H27NO3. The summed E-state index contributed by atoms with van der Waals surface area (Å²) in [7, 11) is 1.39. The van der Waals surface area contributed by atoms with E-state index in [1.165, 1.54) is 12.7 Å². The Labute approximate surface area is 138 Å². The molecule has 1 fully saturated rings. The van der Waals surface area contributed by atoms with Crippen molar-refractivity contribution in [2.24, 2.45) is 5.92 Å². The SMILES string of the molecule is COC(=O)C(C)CN(C(=O)c1ccc(C)c(C)c1)C1CCCC1. The molecule has 1 aromatic carbocycles. The predicted octanol–water partition coefficient (Wildman–Crippen LogP) is 3.50. The average Bonchev–Trinajstić information content (AvgIpc) is 3.07. The van der Waals surface area contributed by atoms with Crippen molar-refractivity contribution < 1.29 is 14.3 Å². The normalized spacial score (nSPS) is 16.2. The lowest BCUT2D eigenvalue weighted by Gasteiger charge is -2.31. The van der Waals surface area contributed by atoms with Crippen molar-refractivity contribution in [1.29, 1.82) is 0 Å². The van der Waals surface area contributed by atoms with Gasteiger partial charge >= 0.3 is 5.97 Å². The molecule has 0 N–H and O–H groups in total. The van der Waals surface area contributed by atoms with Gasteiger partial charge in [0.1, 0.15) is 0 Å². The summed E-state index contributed by atoms with van der Waals surface area (Å²) in [5.74, 6) is -0.548. The standard InChI is InChI=1S/C19H27NO3/c1-13-9-10-16(11-14(13)2)18(21)20(17-7-5-6-8-17)12-15(3)19(22)23-4/h9-11,15,17H,5-8,12H2,1-4H3. The van der Waals surface area contributed by atoms with E-state index in [2.05, 4.69) is 0 Å². The number of hydrogen-bond acceptors (Lipinski definition) is 3. The molecule has 0 heterocycles. The first-order valence-electron chi connectivity index (χ1n) is 8.40. The Morgan fingerprint density at radius 3 is 2.43 bits per heavy atom. The Morgan fingerprint density at radius 1 is 1.22 bits per heavy atom. The van der Waals surface area contributed by atoms with Crippen LogP contribution in [0.2, 0.25) is 0 Å². The first-order chi connectivity index (χ1) is 10.9. The highest BCUT2D eigenvalue weighted by molar-refractivity contribution is 5.95. The van der Waals surface area contributed by atoms with Crippen molar-refractivity contribution in [3.63, 3.8) is 0 Å². The van der Waals surface area contributed by atoms with Gasteiger partial charge in [-0.15, -0.1) is 0 Å². The summed E-state index contributed by atoms with van der Waals surface area (Å²) >= 11 is 0. The van der Waals surface area contributed by atoms with E-state index in [4.69, 9.17) is 4.74 Å². The van der Waals surface area contributed by atoms with Crippen molar-refractivity contribution in [2.45, 2.75) is 52.5 Å². The van der Waals surface area contributed by atoms with Crippen LogP contribution in [0.25, 0.3) is 0 Å². The molecule has 1 atom stereocenters. The second kappa shape index (κ2) is 7.62. The van der Waals surface area contributed by atoms with E-state index in [-0.39, 0.29) is 23.8 Å². The minimum absolute atomic E-state index is 0.0238. The third-order valence-electron chi connectivity index (χ3n) is 4.85. The smallest absolute Gasteiger partial charge is 0.310 e. The lowest BCUT2D eigenvalue weighted by atomic mass is 10.0. The zero-order chi connectivity index (χ0) is 17.0. The molecule has 0 bridgehead atoms. The predicted molar refractivity (Wildman–Crippen MR) is 90.4 cm³/mol. The fourth-order valence-electron chi connectivity index (χ4n) is 3.22. The zero-order valence-corrected chi connectivity index (χ0v) is 14.6. The molecule has 1 aliphatic carbocycles. The summed E-state index contributed by atoms with van der Waals surface area (Å²) in [5, 5.41) is 0. The van der Waals surface area contributed by atoms with E-state index in [1.54, 1.807) is 0 Å². The Kier molecular flexibility index (Phi) is 5.80. The molecule has 1 unspecified atom stereocenters. The molecule has 1 aliphatic rings. The molecule has 0 aromatic heterocycles. The molecular weight excluding hydrogens is 290 g/mol. The minimum atomic E-state index is -0.309. The Bertz CT molecular complexity index is 576. The van der Waals surface area contributed by atoms with Crippen molar-refractivity contribution in [1.82, 2.24) is 4.90 Å². The lowest BCUT2D eigenvalue weighted by Crippen LogP contribution is -2.43. The number of ether oxygens (including phenoxy) is 1. The molecule has 1 saturated carbocycles.